The first kappa shape index (κ1) is 21.1. The standard InChI is InChI=1S/C23H38N4O/c1-18-14-19(2)16-27(15-18)22(24-4)25-17-23(10-12-28-13-11-23)26-20(3)21-8-6-5-7-9-21/h5-9,18-20,26H,10-17H2,1-4H3,(H,24,25). The Balaban J connectivity index is 1.66. The van der Waals surface area contributed by atoms with Crippen LogP contribution >= 0.6 is 0 Å². The average Bonchev–Trinajstić information content (AvgIpc) is 2.69. The molecule has 2 heterocycles. The molecule has 5 nitrogen and oxygen atoms in total. The van der Waals surface area contributed by atoms with Crippen molar-refractivity contribution < 1.29 is 4.74 Å². The lowest BCUT2D eigenvalue weighted by Gasteiger charge is -2.42. The molecule has 3 unspecified atom stereocenters. The van der Waals surface area contributed by atoms with Crippen molar-refractivity contribution in [2.45, 2.75) is 51.6 Å². The van der Waals surface area contributed by atoms with Gasteiger partial charge in [-0.25, -0.2) is 0 Å². The first-order chi connectivity index (χ1) is 13.5. The molecule has 0 spiro atoms. The Labute approximate surface area is 170 Å². The maximum Gasteiger partial charge on any atom is 0.193 e. The Morgan fingerprint density at radius 1 is 1.18 bits per heavy atom. The van der Waals surface area contributed by atoms with Crippen LogP contribution in [0, 0.1) is 11.8 Å². The van der Waals surface area contributed by atoms with Gasteiger partial charge in [-0.3, -0.25) is 4.99 Å². The van der Waals surface area contributed by atoms with Crippen LogP contribution in [0.4, 0.5) is 0 Å². The second-order valence-electron chi connectivity index (χ2n) is 8.92. The largest absolute Gasteiger partial charge is 0.381 e. The quantitative estimate of drug-likeness (QED) is 0.601. The zero-order valence-electron chi connectivity index (χ0n) is 18.1. The maximum atomic E-state index is 5.68. The van der Waals surface area contributed by atoms with Gasteiger partial charge in [0.15, 0.2) is 5.96 Å². The monoisotopic (exact) mass is 386 g/mol. The number of hydrogen-bond acceptors (Lipinski definition) is 3. The van der Waals surface area contributed by atoms with Crippen molar-refractivity contribution in [2.24, 2.45) is 16.8 Å². The van der Waals surface area contributed by atoms with Crippen molar-refractivity contribution in [2.75, 3.05) is 39.9 Å². The minimum Gasteiger partial charge on any atom is -0.381 e. The highest BCUT2D eigenvalue weighted by Gasteiger charge is 2.35. The van der Waals surface area contributed by atoms with E-state index in [1.807, 2.05) is 7.05 Å². The smallest absolute Gasteiger partial charge is 0.193 e. The number of nitrogens with one attached hydrogen (secondary N) is 2. The first-order valence-corrected chi connectivity index (χ1v) is 10.9. The molecule has 3 atom stereocenters. The topological polar surface area (TPSA) is 48.9 Å². The van der Waals surface area contributed by atoms with Gasteiger partial charge in [-0.15, -0.1) is 0 Å². The SMILES string of the molecule is CN=C(NCC1(NC(C)c2ccccc2)CCOCC1)N1CC(C)CC(C)C1. The summed E-state index contributed by atoms with van der Waals surface area (Å²) in [5.74, 6) is 2.48. The molecule has 2 fully saturated rings. The average molecular weight is 387 g/mol. The van der Waals surface area contributed by atoms with E-state index in [-0.39, 0.29) is 5.54 Å². The molecule has 2 aliphatic rings. The highest BCUT2D eigenvalue weighted by molar-refractivity contribution is 5.80. The number of guanidine groups is 1. The van der Waals surface area contributed by atoms with Crippen molar-refractivity contribution in [1.29, 1.82) is 0 Å². The van der Waals surface area contributed by atoms with Crippen LogP contribution in [-0.2, 0) is 4.74 Å². The normalized spacial score (nSPS) is 26.7. The number of ether oxygens (including phenoxy) is 1. The van der Waals surface area contributed by atoms with Gasteiger partial charge in [0, 0.05) is 51.5 Å². The van der Waals surface area contributed by atoms with E-state index < -0.39 is 0 Å². The summed E-state index contributed by atoms with van der Waals surface area (Å²) in [6.07, 6.45) is 3.34. The summed E-state index contributed by atoms with van der Waals surface area (Å²) in [6, 6.07) is 11.0. The number of benzene rings is 1. The van der Waals surface area contributed by atoms with E-state index in [1.54, 1.807) is 0 Å². The summed E-state index contributed by atoms with van der Waals surface area (Å²) in [4.78, 5) is 7.04. The van der Waals surface area contributed by atoms with Gasteiger partial charge >= 0.3 is 0 Å². The summed E-state index contributed by atoms with van der Waals surface area (Å²) in [5.41, 5.74) is 1.35. The molecule has 0 radical (unpaired) electrons. The third-order valence-electron chi connectivity index (χ3n) is 6.24. The number of hydrogen-bond donors (Lipinski definition) is 2. The van der Waals surface area contributed by atoms with Gasteiger partial charge in [0.05, 0.1) is 0 Å². The van der Waals surface area contributed by atoms with Gasteiger partial charge in [0.1, 0.15) is 0 Å². The molecule has 1 aromatic carbocycles. The second kappa shape index (κ2) is 9.75. The van der Waals surface area contributed by atoms with E-state index >= 15 is 0 Å². The number of aliphatic imine (C=N–C) groups is 1. The fraction of sp³-hybridized carbons (Fsp3) is 0.696. The molecule has 2 saturated heterocycles. The van der Waals surface area contributed by atoms with Gasteiger partial charge in [-0.05, 0) is 43.6 Å². The Morgan fingerprint density at radius 2 is 1.82 bits per heavy atom. The van der Waals surface area contributed by atoms with Crippen molar-refractivity contribution in [1.82, 2.24) is 15.5 Å². The number of piperidine rings is 1. The van der Waals surface area contributed by atoms with Gasteiger partial charge < -0.3 is 20.3 Å². The lowest BCUT2D eigenvalue weighted by Crippen LogP contribution is -2.59. The molecule has 1 aromatic rings. The molecule has 3 rings (SSSR count). The van der Waals surface area contributed by atoms with Gasteiger partial charge in [0.25, 0.3) is 0 Å². The molecule has 2 N–H and O–H groups in total. The van der Waals surface area contributed by atoms with Crippen LogP contribution in [0.2, 0.25) is 0 Å². The Hall–Kier alpha value is -1.59. The van der Waals surface area contributed by atoms with Crippen LogP contribution in [0.15, 0.2) is 35.3 Å². The predicted molar refractivity (Wildman–Crippen MR) is 117 cm³/mol. The van der Waals surface area contributed by atoms with Crippen molar-refractivity contribution in [3.05, 3.63) is 35.9 Å². The van der Waals surface area contributed by atoms with E-state index in [9.17, 15) is 0 Å². The highest BCUT2D eigenvalue weighted by Crippen LogP contribution is 2.26. The van der Waals surface area contributed by atoms with E-state index in [4.69, 9.17) is 4.74 Å². The summed E-state index contributed by atoms with van der Waals surface area (Å²) in [5, 5.41) is 7.64. The number of nitrogens with zero attached hydrogens (tertiary/aromatic N) is 2. The third-order valence-corrected chi connectivity index (χ3v) is 6.24. The van der Waals surface area contributed by atoms with Crippen LogP contribution in [0.5, 0.6) is 0 Å². The third kappa shape index (κ3) is 5.48. The van der Waals surface area contributed by atoms with Crippen LogP contribution < -0.4 is 10.6 Å². The van der Waals surface area contributed by atoms with Crippen molar-refractivity contribution in [3.8, 4) is 0 Å². The minimum atomic E-state index is 0.0243. The fourth-order valence-electron chi connectivity index (χ4n) is 4.84. The van der Waals surface area contributed by atoms with Crippen molar-refractivity contribution in [3.63, 3.8) is 0 Å². The zero-order valence-corrected chi connectivity index (χ0v) is 18.1. The summed E-state index contributed by atoms with van der Waals surface area (Å²) < 4.78 is 5.68. The molecular weight excluding hydrogens is 348 g/mol. The number of likely N-dealkylation sites (tertiary alicyclic amines) is 1. The fourth-order valence-corrected chi connectivity index (χ4v) is 4.84. The van der Waals surface area contributed by atoms with E-state index in [1.165, 1.54) is 12.0 Å². The highest BCUT2D eigenvalue weighted by atomic mass is 16.5. The molecule has 28 heavy (non-hydrogen) atoms. The molecule has 156 valence electrons. The number of rotatable bonds is 5. The molecular formula is C23H38N4O. The minimum absolute atomic E-state index is 0.0243. The zero-order chi connectivity index (χ0) is 20.0. The van der Waals surface area contributed by atoms with Crippen LogP contribution in [0.25, 0.3) is 0 Å². The first-order valence-electron chi connectivity index (χ1n) is 10.9. The molecule has 0 amide bonds. The van der Waals surface area contributed by atoms with Gasteiger partial charge in [-0.2, -0.15) is 0 Å². The Kier molecular flexibility index (Phi) is 7.36. The van der Waals surface area contributed by atoms with Gasteiger partial charge in [-0.1, -0.05) is 44.2 Å². The van der Waals surface area contributed by atoms with E-state index in [0.29, 0.717) is 6.04 Å². The maximum absolute atomic E-state index is 5.68. The molecule has 0 aliphatic carbocycles. The van der Waals surface area contributed by atoms with Crippen LogP contribution in [0.1, 0.15) is 51.6 Å². The summed E-state index contributed by atoms with van der Waals surface area (Å²) in [6.45, 7) is 11.6. The van der Waals surface area contributed by atoms with Gasteiger partial charge in [0.2, 0.25) is 0 Å². The predicted octanol–water partition coefficient (Wildman–Crippen LogP) is 3.44. The van der Waals surface area contributed by atoms with Crippen LogP contribution in [-0.4, -0.2) is 56.3 Å². The van der Waals surface area contributed by atoms with Crippen LogP contribution in [0.3, 0.4) is 0 Å². The van der Waals surface area contributed by atoms with E-state index in [2.05, 4.69) is 71.6 Å². The van der Waals surface area contributed by atoms with E-state index in [0.717, 1.165) is 63.5 Å². The van der Waals surface area contributed by atoms with Crippen molar-refractivity contribution >= 4 is 5.96 Å². The molecule has 5 heteroatoms. The Bertz CT molecular complexity index is 617. The lowest BCUT2D eigenvalue weighted by molar-refractivity contribution is 0.0351. The molecule has 0 bridgehead atoms. The Morgan fingerprint density at radius 3 is 2.43 bits per heavy atom. The molecule has 0 aromatic heterocycles. The lowest BCUT2D eigenvalue weighted by atomic mass is 9.88. The molecule has 0 saturated carbocycles. The molecule has 2 aliphatic heterocycles. The summed E-state index contributed by atoms with van der Waals surface area (Å²) >= 11 is 0. The second-order valence-corrected chi connectivity index (χ2v) is 8.92. The summed E-state index contributed by atoms with van der Waals surface area (Å²) in [7, 11) is 1.91.